The van der Waals surface area contributed by atoms with Crippen LogP contribution in [0.5, 0.6) is 0 Å². The summed E-state index contributed by atoms with van der Waals surface area (Å²) in [5.74, 6) is 0. The summed E-state index contributed by atoms with van der Waals surface area (Å²) in [6.45, 7) is 2.77. The van der Waals surface area contributed by atoms with Gasteiger partial charge in [0.2, 0.25) is 0 Å². The zero-order chi connectivity index (χ0) is 14.8. The fraction of sp³-hybridized carbons (Fsp3) is 0.133. The number of aryl methyl sites for hydroxylation is 1. The number of aromatic nitrogens is 1. The van der Waals surface area contributed by atoms with Crippen molar-refractivity contribution in [3.63, 3.8) is 0 Å². The molecule has 106 valence electrons. The van der Waals surface area contributed by atoms with Crippen LogP contribution in [-0.4, -0.2) is 9.91 Å². The van der Waals surface area contributed by atoms with Gasteiger partial charge in [0.25, 0.3) is 5.69 Å². The topological polar surface area (TPSA) is 68.1 Å². The highest BCUT2D eigenvalue weighted by atomic mass is 32.1. The number of nitro benzene ring substituents is 1. The average Bonchev–Trinajstić information content (AvgIpc) is 2.89. The van der Waals surface area contributed by atoms with E-state index in [2.05, 4.69) is 28.7 Å². The number of rotatable bonds is 4. The maximum Gasteiger partial charge on any atom is 0.295 e. The fourth-order valence-corrected chi connectivity index (χ4v) is 3.07. The third-order valence-electron chi connectivity index (χ3n) is 3.35. The first kappa shape index (κ1) is 13.5. The SMILES string of the molecule is Cc1ccsc1CNc1ccnc2c([N+](=O)[O-])cccc12. The Labute approximate surface area is 125 Å². The second-order valence-corrected chi connectivity index (χ2v) is 5.67. The van der Waals surface area contributed by atoms with Crippen LogP contribution in [-0.2, 0) is 6.54 Å². The predicted octanol–water partition coefficient (Wildman–Crippen LogP) is 4.13. The van der Waals surface area contributed by atoms with Crippen LogP contribution in [0, 0.1) is 17.0 Å². The normalized spacial score (nSPS) is 10.7. The summed E-state index contributed by atoms with van der Waals surface area (Å²) in [4.78, 5) is 16.1. The maximum atomic E-state index is 11.1. The molecule has 5 nitrogen and oxygen atoms in total. The van der Waals surface area contributed by atoms with Crippen molar-refractivity contribution >= 4 is 33.6 Å². The van der Waals surface area contributed by atoms with Gasteiger partial charge in [0, 0.05) is 34.8 Å². The first-order valence-corrected chi connectivity index (χ1v) is 7.34. The van der Waals surface area contributed by atoms with Crippen molar-refractivity contribution in [2.75, 3.05) is 5.32 Å². The van der Waals surface area contributed by atoms with Gasteiger partial charge >= 0.3 is 0 Å². The number of nitro groups is 1. The van der Waals surface area contributed by atoms with Crippen LogP contribution in [0.25, 0.3) is 10.9 Å². The van der Waals surface area contributed by atoms with Crippen molar-refractivity contribution in [2.24, 2.45) is 0 Å². The van der Waals surface area contributed by atoms with Crippen LogP contribution in [0.3, 0.4) is 0 Å². The van der Waals surface area contributed by atoms with Crippen LogP contribution >= 0.6 is 11.3 Å². The van der Waals surface area contributed by atoms with Crippen LogP contribution in [0.1, 0.15) is 10.4 Å². The van der Waals surface area contributed by atoms with Gasteiger partial charge in [-0.25, -0.2) is 4.98 Å². The highest BCUT2D eigenvalue weighted by Gasteiger charge is 2.14. The Kier molecular flexibility index (Phi) is 3.53. The third-order valence-corrected chi connectivity index (χ3v) is 4.38. The smallest absolute Gasteiger partial charge is 0.295 e. The quantitative estimate of drug-likeness (QED) is 0.581. The number of pyridine rings is 1. The van der Waals surface area contributed by atoms with E-state index in [1.165, 1.54) is 16.5 Å². The fourth-order valence-electron chi connectivity index (χ4n) is 2.22. The van der Waals surface area contributed by atoms with Gasteiger partial charge in [0.1, 0.15) is 5.52 Å². The highest BCUT2D eigenvalue weighted by molar-refractivity contribution is 7.10. The van der Waals surface area contributed by atoms with E-state index in [4.69, 9.17) is 0 Å². The average molecular weight is 299 g/mol. The molecule has 0 saturated heterocycles. The number of benzene rings is 1. The summed E-state index contributed by atoms with van der Waals surface area (Å²) in [6, 6.07) is 8.93. The molecule has 2 heterocycles. The molecular weight excluding hydrogens is 286 g/mol. The lowest BCUT2D eigenvalue weighted by molar-refractivity contribution is -0.383. The monoisotopic (exact) mass is 299 g/mol. The molecule has 1 aromatic carbocycles. The van der Waals surface area contributed by atoms with E-state index in [9.17, 15) is 10.1 Å². The van der Waals surface area contributed by atoms with E-state index in [1.807, 2.05) is 12.1 Å². The molecule has 0 aliphatic rings. The summed E-state index contributed by atoms with van der Waals surface area (Å²) < 4.78 is 0. The van der Waals surface area contributed by atoms with Crippen molar-refractivity contribution < 1.29 is 4.92 Å². The summed E-state index contributed by atoms with van der Waals surface area (Å²) in [5, 5.41) is 17.2. The summed E-state index contributed by atoms with van der Waals surface area (Å²) in [7, 11) is 0. The number of non-ortho nitro benzene ring substituents is 1. The molecule has 0 aliphatic heterocycles. The van der Waals surface area contributed by atoms with Gasteiger partial charge in [-0.2, -0.15) is 0 Å². The zero-order valence-corrected chi connectivity index (χ0v) is 12.2. The molecule has 0 fully saturated rings. The molecule has 0 radical (unpaired) electrons. The summed E-state index contributed by atoms with van der Waals surface area (Å²) in [5.41, 5.74) is 2.55. The van der Waals surface area contributed by atoms with Crippen LogP contribution in [0.2, 0.25) is 0 Å². The molecule has 0 aliphatic carbocycles. The van der Waals surface area contributed by atoms with Crippen LogP contribution in [0.4, 0.5) is 11.4 Å². The van der Waals surface area contributed by atoms with Gasteiger partial charge in [-0.1, -0.05) is 12.1 Å². The van der Waals surface area contributed by atoms with E-state index in [0.717, 1.165) is 11.1 Å². The molecule has 21 heavy (non-hydrogen) atoms. The zero-order valence-electron chi connectivity index (χ0n) is 11.4. The molecule has 0 saturated carbocycles. The lowest BCUT2D eigenvalue weighted by Crippen LogP contribution is -2.00. The van der Waals surface area contributed by atoms with E-state index in [-0.39, 0.29) is 5.69 Å². The van der Waals surface area contributed by atoms with E-state index >= 15 is 0 Å². The van der Waals surface area contributed by atoms with E-state index < -0.39 is 4.92 Å². The van der Waals surface area contributed by atoms with E-state index in [0.29, 0.717) is 12.1 Å². The van der Waals surface area contributed by atoms with Crippen molar-refractivity contribution in [3.05, 3.63) is 62.5 Å². The molecule has 6 heteroatoms. The van der Waals surface area contributed by atoms with Gasteiger partial charge in [-0.15, -0.1) is 11.3 Å². The van der Waals surface area contributed by atoms with Gasteiger partial charge in [0.15, 0.2) is 0 Å². The van der Waals surface area contributed by atoms with Crippen LogP contribution < -0.4 is 5.32 Å². The van der Waals surface area contributed by atoms with Crippen LogP contribution in [0.15, 0.2) is 41.9 Å². The number of hydrogen-bond donors (Lipinski definition) is 1. The molecule has 0 atom stereocenters. The molecular formula is C15H13N3O2S. The Balaban J connectivity index is 1.98. The minimum Gasteiger partial charge on any atom is -0.380 e. The second-order valence-electron chi connectivity index (χ2n) is 4.67. The summed E-state index contributed by atoms with van der Waals surface area (Å²) in [6.07, 6.45) is 1.60. The number of anilines is 1. The Morgan fingerprint density at radius 1 is 1.33 bits per heavy atom. The molecule has 2 aromatic heterocycles. The molecule has 0 amide bonds. The van der Waals surface area contributed by atoms with Gasteiger partial charge in [-0.05, 0) is 30.0 Å². The number of hydrogen-bond acceptors (Lipinski definition) is 5. The minimum absolute atomic E-state index is 0.0310. The van der Waals surface area contributed by atoms with Crippen molar-refractivity contribution in [1.82, 2.24) is 4.98 Å². The molecule has 1 N–H and O–H groups in total. The second kappa shape index (κ2) is 5.49. The Morgan fingerprint density at radius 2 is 2.19 bits per heavy atom. The van der Waals surface area contributed by atoms with Crippen molar-refractivity contribution in [3.8, 4) is 0 Å². The predicted molar refractivity (Wildman–Crippen MR) is 84.8 cm³/mol. The Morgan fingerprint density at radius 3 is 2.90 bits per heavy atom. The molecule has 0 bridgehead atoms. The highest BCUT2D eigenvalue weighted by Crippen LogP contribution is 2.29. The minimum atomic E-state index is -0.400. The van der Waals surface area contributed by atoms with E-state index in [1.54, 1.807) is 23.6 Å². The Hall–Kier alpha value is -2.47. The molecule has 0 unspecified atom stereocenters. The lowest BCUT2D eigenvalue weighted by atomic mass is 10.1. The maximum absolute atomic E-state index is 11.1. The number of fused-ring (bicyclic) bond motifs is 1. The third kappa shape index (κ3) is 2.57. The lowest BCUT2D eigenvalue weighted by Gasteiger charge is -2.09. The first-order valence-electron chi connectivity index (χ1n) is 6.46. The summed E-state index contributed by atoms with van der Waals surface area (Å²) >= 11 is 1.70. The number of thiophene rings is 1. The molecule has 0 spiro atoms. The van der Waals surface area contributed by atoms with Crippen molar-refractivity contribution in [2.45, 2.75) is 13.5 Å². The number of para-hydroxylation sites is 1. The van der Waals surface area contributed by atoms with Gasteiger partial charge < -0.3 is 5.32 Å². The molecule has 3 aromatic rings. The van der Waals surface area contributed by atoms with Gasteiger partial charge in [0.05, 0.1) is 4.92 Å². The standard InChI is InChI=1S/C15H13N3O2S/c1-10-6-8-21-14(10)9-17-12-5-7-16-15-11(12)3-2-4-13(15)18(19)20/h2-8H,9H2,1H3,(H,16,17). The molecule has 3 rings (SSSR count). The largest absolute Gasteiger partial charge is 0.380 e. The first-order chi connectivity index (χ1) is 10.2. The Bertz CT molecular complexity index is 814. The van der Waals surface area contributed by atoms with Crippen molar-refractivity contribution in [1.29, 1.82) is 0 Å². The number of nitrogens with one attached hydrogen (secondary N) is 1. The van der Waals surface area contributed by atoms with Gasteiger partial charge in [-0.3, -0.25) is 10.1 Å². The number of nitrogens with zero attached hydrogens (tertiary/aromatic N) is 2.